The number of ketones is 1. The average molecular weight is 435 g/mol. The molecule has 1 atom stereocenters. The maximum absolute atomic E-state index is 13.4. The molecule has 0 aromatic heterocycles. The number of amides is 1. The zero-order chi connectivity index (χ0) is 22.8. The van der Waals surface area contributed by atoms with Crippen LogP contribution in [0.25, 0.3) is 0 Å². The van der Waals surface area contributed by atoms with E-state index in [1.54, 1.807) is 26.3 Å². The predicted molar refractivity (Wildman–Crippen MR) is 124 cm³/mol. The standard InChI is InChI=1S/C25H30N2O3Si/c1-27(24(29)25(17-26)14-15-25)23(19-8-10-20(30-2)11-9-19)22(28)16-18-6-12-21(13-7-18)31(3,4)5/h6-13,23H,14-16H2,1-5H3. The molecule has 1 aliphatic rings. The van der Waals surface area contributed by atoms with Crippen LogP contribution in [0.4, 0.5) is 0 Å². The second-order valence-electron chi connectivity index (χ2n) is 9.38. The number of carbonyl (C=O) groups is 2. The minimum absolute atomic E-state index is 0.0736. The fourth-order valence-corrected chi connectivity index (χ4v) is 4.95. The summed E-state index contributed by atoms with van der Waals surface area (Å²) in [6.07, 6.45) is 1.32. The first-order valence-corrected chi connectivity index (χ1v) is 14.1. The average Bonchev–Trinajstić information content (AvgIpc) is 3.55. The van der Waals surface area contributed by atoms with Crippen molar-refractivity contribution >= 4 is 25.0 Å². The number of likely N-dealkylation sites (N-methyl/N-ethyl adjacent to an activating group) is 1. The number of Topliss-reactive ketones (excluding diaryl/α,β-unsaturated/α-hetero) is 1. The van der Waals surface area contributed by atoms with E-state index >= 15 is 0 Å². The molecule has 162 valence electrons. The van der Waals surface area contributed by atoms with E-state index in [-0.39, 0.29) is 18.1 Å². The molecule has 0 saturated heterocycles. The highest BCUT2D eigenvalue weighted by atomic mass is 28.3. The van der Waals surface area contributed by atoms with Gasteiger partial charge in [0.15, 0.2) is 5.78 Å². The summed E-state index contributed by atoms with van der Waals surface area (Å²) in [5, 5.41) is 10.8. The van der Waals surface area contributed by atoms with Crippen molar-refractivity contribution in [1.29, 1.82) is 5.26 Å². The lowest BCUT2D eigenvalue weighted by molar-refractivity contribution is -0.141. The summed E-state index contributed by atoms with van der Waals surface area (Å²) in [5.41, 5.74) is 0.667. The van der Waals surface area contributed by atoms with Gasteiger partial charge in [-0.25, -0.2) is 0 Å². The lowest BCUT2D eigenvalue weighted by Crippen LogP contribution is -2.40. The highest BCUT2D eigenvalue weighted by Crippen LogP contribution is 2.47. The number of hydrogen-bond donors (Lipinski definition) is 0. The fourth-order valence-electron chi connectivity index (χ4n) is 3.79. The van der Waals surface area contributed by atoms with Crippen LogP contribution in [0.5, 0.6) is 5.75 Å². The van der Waals surface area contributed by atoms with Gasteiger partial charge >= 0.3 is 0 Å². The molecular formula is C25H30N2O3Si. The molecule has 2 aromatic rings. The summed E-state index contributed by atoms with van der Waals surface area (Å²) in [6.45, 7) is 6.86. The molecule has 31 heavy (non-hydrogen) atoms. The number of rotatable bonds is 8. The minimum atomic E-state index is -1.41. The van der Waals surface area contributed by atoms with E-state index < -0.39 is 19.5 Å². The van der Waals surface area contributed by atoms with Crippen LogP contribution in [0.2, 0.25) is 19.6 Å². The van der Waals surface area contributed by atoms with Gasteiger partial charge in [0.25, 0.3) is 0 Å². The molecule has 1 unspecified atom stereocenters. The highest BCUT2D eigenvalue weighted by molar-refractivity contribution is 6.88. The van der Waals surface area contributed by atoms with E-state index in [1.165, 1.54) is 10.1 Å². The Balaban J connectivity index is 1.88. The topological polar surface area (TPSA) is 70.4 Å². The van der Waals surface area contributed by atoms with Crippen molar-refractivity contribution in [3.8, 4) is 11.8 Å². The lowest BCUT2D eigenvalue weighted by atomic mass is 9.94. The summed E-state index contributed by atoms with van der Waals surface area (Å²) in [5.74, 6) is 0.329. The van der Waals surface area contributed by atoms with Crippen molar-refractivity contribution in [2.24, 2.45) is 5.41 Å². The first-order chi connectivity index (χ1) is 14.6. The Bertz CT molecular complexity index is 997. The minimum Gasteiger partial charge on any atom is -0.497 e. The number of benzene rings is 2. The first kappa shape index (κ1) is 22.8. The molecule has 0 bridgehead atoms. The Hall–Kier alpha value is -2.91. The van der Waals surface area contributed by atoms with Crippen LogP contribution < -0.4 is 9.92 Å². The van der Waals surface area contributed by atoms with Crippen LogP contribution in [-0.2, 0) is 16.0 Å². The van der Waals surface area contributed by atoms with Gasteiger partial charge in [-0.2, -0.15) is 5.26 Å². The summed E-state index contributed by atoms with van der Waals surface area (Å²) in [4.78, 5) is 27.9. The van der Waals surface area contributed by atoms with Crippen LogP contribution in [0.3, 0.4) is 0 Å². The second kappa shape index (κ2) is 8.68. The van der Waals surface area contributed by atoms with Crippen LogP contribution in [-0.4, -0.2) is 38.8 Å². The third kappa shape index (κ3) is 4.88. The monoisotopic (exact) mass is 434 g/mol. The van der Waals surface area contributed by atoms with Crippen LogP contribution in [0.15, 0.2) is 48.5 Å². The lowest BCUT2D eigenvalue weighted by Gasteiger charge is -2.29. The number of hydrogen-bond acceptors (Lipinski definition) is 4. The maximum Gasteiger partial charge on any atom is 0.243 e. The van der Waals surface area contributed by atoms with Gasteiger partial charge in [0.1, 0.15) is 17.2 Å². The summed E-state index contributed by atoms with van der Waals surface area (Å²) in [7, 11) is 1.80. The second-order valence-corrected chi connectivity index (χ2v) is 14.5. The molecule has 0 spiro atoms. The van der Waals surface area contributed by atoms with Gasteiger partial charge in [0.2, 0.25) is 5.91 Å². The van der Waals surface area contributed by atoms with E-state index in [0.717, 1.165) is 5.56 Å². The zero-order valence-electron chi connectivity index (χ0n) is 18.9. The van der Waals surface area contributed by atoms with Gasteiger partial charge in [-0.3, -0.25) is 9.59 Å². The summed E-state index contributed by atoms with van der Waals surface area (Å²) >= 11 is 0. The van der Waals surface area contributed by atoms with Crippen LogP contribution in [0, 0.1) is 16.7 Å². The van der Waals surface area contributed by atoms with Crippen LogP contribution in [0.1, 0.15) is 30.0 Å². The first-order valence-electron chi connectivity index (χ1n) is 10.6. The smallest absolute Gasteiger partial charge is 0.243 e. The number of nitriles is 1. The molecule has 1 amide bonds. The molecular weight excluding hydrogens is 404 g/mol. The molecule has 1 saturated carbocycles. The molecule has 0 heterocycles. The van der Waals surface area contributed by atoms with Gasteiger partial charge in [-0.05, 0) is 36.1 Å². The van der Waals surface area contributed by atoms with Gasteiger partial charge in [-0.15, -0.1) is 0 Å². The van der Waals surface area contributed by atoms with Gasteiger partial charge in [0, 0.05) is 13.5 Å². The van der Waals surface area contributed by atoms with E-state index in [2.05, 4.69) is 37.8 Å². The Labute approximate surface area is 185 Å². The van der Waals surface area contributed by atoms with Crippen molar-refractivity contribution < 1.29 is 14.3 Å². The third-order valence-electron chi connectivity index (χ3n) is 6.02. The summed E-state index contributed by atoms with van der Waals surface area (Å²) < 4.78 is 5.23. The zero-order valence-corrected chi connectivity index (χ0v) is 19.9. The number of ether oxygens (including phenoxy) is 1. The molecule has 1 fully saturated rings. The Morgan fingerprint density at radius 3 is 2.13 bits per heavy atom. The highest BCUT2D eigenvalue weighted by Gasteiger charge is 2.53. The number of carbonyl (C=O) groups excluding carboxylic acids is 2. The van der Waals surface area contributed by atoms with Crippen LogP contribution >= 0.6 is 0 Å². The van der Waals surface area contributed by atoms with Crippen molar-refractivity contribution in [1.82, 2.24) is 4.90 Å². The Morgan fingerprint density at radius 2 is 1.68 bits per heavy atom. The SMILES string of the molecule is COc1ccc(C(C(=O)Cc2ccc([Si](C)(C)C)cc2)N(C)C(=O)C2(C#N)CC2)cc1. The largest absolute Gasteiger partial charge is 0.497 e. The Kier molecular flexibility index (Phi) is 6.37. The quantitative estimate of drug-likeness (QED) is 0.592. The molecule has 0 radical (unpaired) electrons. The van der Waals surface area contributed by atoms with Crippen molar-refractivity contribution in [2.75, 3.05) is 14.2 Å². The number of nitrogens with zero attached hydrogens (tertiary/aromatic N) is 2. The predicted octanol–water partition coefficient (Wildman–Crippen LogP) is 3.86. The number of methoxy groups -OCH3 is 1. The third-order valence-corrected chi connectivity index (χ3v) is 8.08. The van der Waals surface area contributed by atoms with Gasteiger partial charge in [-0.1, -0.05) is 61.2 Å². The molecule has 2 aromatic carbocycles. The van der Waals surface area contributed by atoms with Gasteiger partial charge < -0.3 is 9.64 Å². The maximum atomic E-state index is 13.4. The molecule has 6 heteroatoms. The van der Waals surface area contributed by atoms with Crippen molar-refractivity contribution in [3.05, 3.63) is 59.7 Å². The molecule has 5 nitrogen and oxygen atoms in total. The van der Waals surface area contributed by atoms with Crippen molar-refractivity contribution in [3.63, 3.8) is 0 Å². The van der Waals surface area contributed by atoms with E-state index in [9.17, 15) is 14.9 Å². The molecule has 0 aliphatic heterocycles. The Morgan fingerprint density at radius 1 is 1.10 bits per heavy atom. The van der Waals surface area contributed by atoms with E-state index in [4.69, 9.17) is 4.74 Å². The molecule has 3 rings (SSSR count). The fraction of sp³-hybridized carbons (Fsp3) is 0.400. The summed E-state index contributed by atoms with van der Waals surface area (Å²) in [6, 6.07) is 16.8. The molecule has 1 aliphatic carbocycles. The normalized spacial score (nSPS) is 15.5. The van der Waals surface area contributed by atoms with E-state index in [1.807, 2.05) is 24.3 Å². The van der Waals surface area contributed by atoms with E-state index in [0.29, 0.717) is 24.2 Å². The van der Waals surface area contributed by atoms with Gasteiger partial charge in [0.05, 0.1) is 21.3 Å². The molecule has 0 N–H and O–H groups in total. The van der Waals surface area contributed by atoms with Crippen molar-refractivity contribution in [2.45, 2.75) is 44.9 Å².